The second-order valence-corrected chi connectivity index (χ2v) is 9.20. The zero-order chi connectivity index (χ0) is 21.0. The van der Waals surface area contributed by atoms with E-state index in [4.69, 9.17) is 4.74 Å². The van der Waals surface area contributed by atoms with Gasteiger partial charge in [-0.15, -0.1) is 0 Å². The zero-order valence-electron chi connectivity index (χ0n) is 19.2. The third-order valence-corrected chi connectivity index (χ3v) is 6.76. The number of rotatable bonds is 12. The largest absolute Gasteiger partial charge is 0.492 e. The molecule has 2 aromatic rings. The van der Waals surface area contributed by atoms with Crippen molar-refractivity contribution in [3.05, 3.63) is 48.2 Å². The van der Waals surface area contributed by atoms with Gasteiger partial charge in [0.25, 0.3) is 0 Å². The monoisotopic (exact) mass is 407 g/mol. The molecular weight excluding hydrogens is 366 g/mol. The first-order valence-electron chi connectivity index (χ1n) is 12.5. The smallest absolute Gasteiger partial charge is 0.137 e. The van der Waals surface area contributed by atoms with Gasteiger partial charge in [-0.1, -0.05) is 95.9 Å². The predicted octanol–water partition coefficient (Wildman–Crippen LogP) is 8.25. The maximum Gasteiger partial charge on any atom is 0.137 e. The molecule has 0 amide bonds. The summed E-state index contributed by atoms with van der Waals surface area (Å²) in [5.41, 5.74) is 3.67. The summed E-state index contributed by atoms with van der Waals surface area (Å²) in [4.78, 5) is 4.61. The minimum Gasteiger partial charge on any atom is -0.492 e. The Morgan fingerprint density at radius 3 is 2.17 bits per heavy atom. The first-order valence-corrected chi connectivity index (χ1v) is 12.5. The molecule has 2 heteroatoms. The zero-order valence-corrected chi connectivity index (χ0v) is 19.2. The summed E-state index contributed by atoms with van der Waals surface area (Å²) in [6.07, 6.45) is 17.9. The molecule has 30 heavy (non-hydrogen) atoms. The highest BCUT2D eigenvalue weighted by molar-refractivity contribution is 5.59. The van der Waals surface area contributed by atoms with Gasteiger partial charge >= 0.3 is 0 Å². The molecule has 0 spiro atoms. The lowest BCUT2D eigenvalue weighted by Gasteiger charge is -2.28. The molecule has 1 aromatic carbocycles. The molecule has 1 aromatic heterocycles. The molecule has 0 radical (unpaired) electrons. The molecule has 0 unspecified atom stereocenters. The van der Waals surface area contributed by atoms with Gasteiger partial charge in [0.05, 0.1) is 18.5 Å². The maximum absolute atomic E-state index is 5.81. The Hall–Kier alpha value is -1.83. The molecule has 0 saturated heterocycles. The van der Waals surface area contributed by atoms with Crippen LogP contribution in [0.15, 0.2) is 42.6 Å². The summed E-state index contributed by atoms with van der Waals surface area (Å²) in [6.45, 7) is 5.34. The summed E-state index contributed by atoms with van der Waals surface area (Å²) in [6, 6.07) is 13.1. The number of hydrogen-bond donors (Lipinski definition) is 0. The van der Waals surface area contributed by atoms with E-state index < -0.39 is 0 Å². The molecule has 1 aliphatic carbocycles. The average molecular weight is 408 g/mol. The second-order valence-electron chi connectivity index (χ2n) is 9.20. The number of pyridine rings is 1. The Kier molecular flexibility index (Phi) is 9.73. The van der Waals surface area contributed by atoms with E-state index in [-0.39, 0.29) is 0 Å². The number of ether oxygens (including phenoxy) is 1. The van der Waals surface area contributed by atoms with E-state index in [0.717, 1.165) is 36.3 Å². The molecule has 3 rings (SSSR count). The van der Waals surface area contributed by atoms with Crippen molar-refractivity contribution in [3.63, 3.8) is 0 Å². The van der Waals surface area contributed by atoms with Crippen molar-refractivity contribution in [1.82, 2.24) is 4.98 Å². The minimum absolute atomic E-state index is 0.788. The molecule has 1 fully saturated rings. The van der Waals surface area contributed by atoms with E-state index in [2.05, 4.69) is 49.2 Å². The van der Waals surface area contributed by atoms with Crippen molar-refractivity contribution >= 4 is 0 Å². The summed E-state index contributed by atoms with van der Waals surface area (Å²) >= 11 is 0. The van der Waals surface area contributed by atoms with Crippen molar-refractivity contribution < 1.29 is 4.74 Å². The molecule has 1 aliphatic rings. The molecule has 0 atom stereocenters. The van der Waals surface area contributed by atoms with Crippen molar-refractivity contribution in [2.24, 2.45) is 11.8 Å². The third-order valence-electron chi connectivity index (χ3n) is 6.76. The molecular formula is C28H41NO. The van der Waals surface area contributed by atoms with Crippen molar-refractivity contribution in [2.75, 3.05) is 6.61 Å². The van der Waals surface area contributed by atoms with Crippen LogP contribution in [0.4, 0.5) is 0 Å². The van der Waals surface area contributed by atoms with Crippen LogP contribution in [0.25, 0.3) is 11.3 Å². The number of aromatic nitrogens is 1. The van der Waals surface area contributed by atoms with E-state index in [0.29, 0.717) is 0 Å². The second kappa shape index (κ2) is 12.8. The van der Waals surface area contributed by atoms with Crippen LogP contribution in [0.3, 0.4) is 0 Å². The quantitative estimate of drug-likeness (QED) is 0.330. The molecule has 1 heterocycles. The fraction of sp³-hybridized carbons (Fsp3) is 0.607. The first-order chi connectivity index (χ1) is 14.8. The van der Waals surface area contributed by atoms with E-state index in [1.807, 2.05) is 12.3 Å². The lowest BCUT2D eigenvalue weighted by Crippen LogP contribution is -2.15. The van der Waals surface area contributed by atoms with Crippen LogP contribution in [-0.2, 0) is 6.42 Å². The van der Waals surface area contributed by atoms with Gasteiger partial charge in [0.2, 0.25) is 0 Å². The van der Waals surface area contributed by atoms with E-state index >= 15 is 0 Å². The molecule has 164 valence electrons. The molecule has 0 aliphatic heterocycles. The fourth-order valence-electron chi connectivity index (χ4n) is 4.79. The van der Waals surface area contributed by atoms with Crippen molar-refractivity contribution in [3.8, 4) is 17.0 Å². The Morgan fingerprint density at radius 1 is 0.800 bits per heavy atom. The molecule has 2 nitrogen and oxygen atoms in total. The fourth-order valence-corrected chi connectivity index (χ4v) is 4.79. The van der Waals surface area contributed by atoms with Crippen molar-refractivity contribution in [2.45, 2.75) is 90.9 Å². The van der Waals surface area contributed by atoms with E-state index in [9.17, 15) is 0 Å². The highest BCUT2D eigenvalue weighted by atomic mass is 16.5. The summed E-state index contributed by atoms with van der Waals surface area (Å²) < 4.78 is 5.81. The average Bonchev–Trinajstić information content (AvgIpc) is 2.79. The minimum atomic E-state index is 0.788. The van der Waals surface area contributed by atoms with Crippen LogP contribution < -0.4 is 4.74 Å². The Labute approximate surface area is 184 Å². The van der Waals surface area contributed by atoms with Gasteiger partial charge < -0.3 is 4.74 Å². The van der Waals surface area contributed by atoms with Gasteiger partial charge in [-0.25, -0.2) is 0 Å². The van der Waals surface area contributed by atoms with Crippen LogP contribution in [0.1, 0.15) is 90.0 Å². The Balaban J connectivity index is 1.42. The summed E-state index contributed by atoms with van der Waals surface area (Å²) in [7, 11) is 0. The number of aryl methyl sites for hydroxylation is 1. The molecule has 0 bridgehead atoms. The number of unbranched alkanes of at least 4 members (excludes halogenated alkanes) is 3. The Morgan fingerprint density at radius 2 is 1.53 bits per heavy atom. The van der Waals surface area contributed by atoms with Gasteiger partial charge in [0.15, 0.2) is 0 Å². The van der Waals surface area contributed by atoms with Crippen LogP contribution in [0, 0.1) is 11.8 Å². The molecule has 0 N–H and O–H groups in total. The predicted molar refractivity (Wildman–Crippen MR) is 128 cm³/mol. The summed E-state index contributed by atoms with van der Waals surface area (Å²) in [5, 5.41) is 0. The highest BCUT2D eigenvalue weighted by Gasteiger charge is 2.20. The lowest BCUT2D eigenvalue weighted by molar-refractivity contribution is 0.252. The lowest BCUT2D eigenvalue weighted by atomic mass is 9.78. The topological polar surface area (TPSA) is 22.1 Å². The van der Waals surface area contributed by atoms with Gasteiger partial charge in [-0.2, -0.15) is 0 Å². The normalized spacial score (nSPS) is 19.0. The van der Waals surface area contributed by atoms with Crippen molar-refractivity contribution in [1.29, 1.82) is 0 Å². The van der Waals surface area contributed by atoms with Gasteiger partial charge in [0.1, 0.15) is 5.75 Å². The SMILES string of the molecule is CCCCCCOc1ccc(-c2ccc(CC[C@H]3CC[C@H](CCC)CC3)cc2)nc1. The van der Waals surface area contributed by atoms with Crippen LogP contribution in [0.5, 0.6) is 5.75 Å². The van der Waals surface area contributed by atoms with Crippen LogP contribution >= 0.6 is 0 Å². The van der Waals surface area contributed by atoms with E-state index in [1.54, 1.807) is 0 Å². The maximum atomic E-state index is 5.81. The van der Waals surface area contributed by atoms with Gasteiger partial charge in [-0.05, 0) is 48.8 Å². The Bertz CT molecular complexity index is 698. The number of hydrogen-bond acceptors (Lipinski definition) is 2. The summed E-state index contributed by atoms with van der Waals surface area (Å²) in [5.74, 6) is 2.82. The standard InChI is InChI=1S/C28H41NO/c1-3-5-6-7-21-30-27-19-20-28(29-22-27)26-17-15-25(16-18-26)14-13-24-11-9-23(8-4-2)10-12-24/h15-20,22-24H,3-14,21H2,1-2H3/t23-,24-. The highest BCUT2D eigenvalue weighted by Crippen LogP contribution is 2.34. The van der Waals surface area contributed by atoms with Gasteiger partial charge in [0, 0.05) is 5.56 Å². The van der Waals surface area contributed by atoms with E-state index in [1.165, 1.54) is 81.8 Å². The third kappa shape index (κ3) is 7.45. The number of nitrogens with zero attached hydrogens (tertiary/aromatic N) is 1. The number of benzene rings is 1. The first kappa shape index (κ1) is 22.8. The molecule has 1 saturated carbocycles. The van der Waals surface area contributed by atoms with Gasteiger partial charge in [-0.3, -0.25) is 4.98 Å². The van der Waals surface area contributed by atoms with Crippen LogP contribution in [-0.4, -0.2) is 11.6 Å². The van der Waals surface area contributed by atoms with Crippen LogP contribution in [0.2, 0.25) is 0 Å².